The number of fused-ring (bicyclic) bond motifs is 1. The lowest BCUT2D eigenvalue weighted by Gasteiger charge is -2.05. The summed E-state index contributed by atoms with van der Waals surface area (Å²) >= 11 is 0. The molecule has 5 nitrogen and oxygen atoms in total. The monoisotopic (exact) mass is 294 g/mol. The summed E-state index contributed by atoms with van der Waals surface area (Å²) < 4.78 is 5.30. The predicted octanol–water partition coefficient (Wildman–Crippen LogP) is 3.21. The van der Waals surface area contributed by atoms with E-state index in [0.717, 1.165) is 16.5 Å². The summed E-state index contributed by atoms with van der Waals surface area (Å²) in [5, 5.41) is 15.5. The van der Waals surface area contributed by atoms with E-state index in [1.54, 1.807) is 24.3 Å². The number of phenolic OH excluding ortho intramolecular Hbond substituents is 1. The van der Waals surface area contributed by atoms with Crippen LogP contribution in [0.4, 0.5) is 0 Å². The molecule has 110 valence electrons. The molecule has 0 unspecified atom stereocenters. The van der Waals surface area contributed by atoms with Crippen LogP contribution in [0.1, 0.15) is 21.9 Å². The molecule has 0 saturated heterocycles. The van der Waals surface area contributed by atoms with Crippen molar-refractivity contribution in [1.29, 1.82) is 0 Å². The van der Waals surface area contributed by atoms with E-state index in [0.29, 0.717) is 5.76 Å². The zero-order valence-corrected chi connectivity index (χ0v) is 11.9. The van der Waals surface area contributed by atoms with Gasteiger partial charge in [-0.3, -0.25) is 4.79 Å². The summed E-state index contributed by atoms with van der Waals surface area (Å²) in [7, 11) is 0. The highest BCUT2D eigenvalue weighted by Gasteiger charge is 2.11. The molecule has 1 amide bonds. The molecule has 0 aliphatic carbocycles. The highest BCUT2D eigenvalue weighted by Crippen LogP contribution is 2.24. The molecule has 22 heavy (non-hydrogen) atoms. The van der Waals surface area contributed by atoms with E-state index < -0.39 is 5.91 Å². The third-order valence-electron chi connectivity index (χ3n) is 3.23. The fraction of sp³-hybridized carbons (Fsp3) is 0.0588. The van der Waals surface area contributed by atoms with E-state index in [4.69, 9.17) is 4.42 Å². The van der Waals surface area contributed by atoms with E-state index in [1.165, 1.54) is 6.21 Å². The van der Waals surface area contributed by atoms with Gasteiger partial charge in [-0.2, -0.15) is 5.10 Å². The second-order valence-corrected chi connectivity index (χ2v) is 4.86. The number of phenols is 1. The van der Waals surface area contributed by atoms with Crippen LogP contribution in [-0.2, 0) is 0 Å². The van der Waals surface area contributed by atoms with Gasteiger partial charge in [-0.05, 0) is 42.0 Å². The Bertz CT molecular complexity index is 865. The molecule has 3 rings (SSSR count). The van der Waals surface area contributed by atoms with E-state index in [2.05, 4.69) is 10.5 Å². The Morgan fingerprint density at radius 1 is 1.18 bits per heavy atom. The van der Waals surface area contributed by atoms with Crippen LogP contribution in [0.3, 0.4) is 0 Å². The maximum Gasteiger partial charge on any atom is 0.275 e. The first kappa shape index (κ1) is 13.9. The van der Waals surface area contributed by atoms with E-state index >= 15 is 0 Å². The van der Waals surface area contributed by atoms with Gasteiger partial charge in [-0.25, -0.2) is 5.43 Å². The molecule has 0 spiro atoms. The number of hydrazone groups is 1. The minimum Gasteiger partial charge on any atom is -0.507 e. The summed E-state index contributed by atoms with van der Waals surface area (Å²) in [6.45, 7) is 1.82. The number of furan rings is 1. The van der Waals surface area contributed by atoms with Crippen LogP contribution in [-0.4, -0.2) is 17.2 Å². The number of hydrogen-bond donors (Lipinski definition) is 2. The molecule has 0 atom stereocenters. The van der Waals surface area contributed by atoms with Crippen LogP contribution < -0.4 is 5.43 Å². The van der Waals surface area contributed by atoms with Gasteiger partial charge in [-0.15, -0.1) is 0 Å². The van der Waals surface area contributed by atoms with Crippen molar-refractivity contribution in [3.63, 3.8) is 0 Å². The van der Waals surface area contributed by atoms with Crippen molar-refractivity contribution in [1.82, 2.24) is 5.43 Å². The van der Waals surface area contributed by atoms with Crippen molar-refractivity contribution in [2.24, 2.45) is 5.10 Å². The van der Waals surface area contributed by atoms with Gasteiger partial charge in [-0.1, -0.05) is 24.3 Å². The predicted molar refractivity (Wildman–Crippen MR) is 84.1 cm³/mol. The lowest BCUT2D eigenvalue weighted by atomic mass is 10.1. The second-order valence-electron chi connectivity index (χ2n) is 4.86. The number of benzene rings is 2. The Kier molecular flexibility index (Phi) is 3.62. The summed E-state index contributed by atoms with van der Waals surface area (Å²) in [5.41, 5.74) is 2.55. The van der Waals surface area contributed by atoms with Gasteiger partial charge in [0.25, 0.3) is 5.91 Å². The van der Waals surface area contributed by atoms with Crippen molar-refractivity contribution in [2.75, 3.05) is 0 Å². The molecule has 3 aromatic rings. The molecule has 2 aromatic carbocycles. The lowest BCUT2D eigenvalue weighted by molar-refractivity contribution is 0.0952. The Labute approximate surface area is 126 Å². The third-order valence-corrected chi connectivity index (χ3v) is 3.23. The van der Waals surface area contributed by atoms with Crippen LogP contribution in [0.2, 0.25) is 0 Å². The molecule has 0 fully saturated rings. The minimum absolute atomic E-state index is 0.0831. The van der Waals surface area contributed by atoms with Gasteiger partial charge in [0, 0.05) is 0 Å². The first-order valence-corrected chi connectivity index (χ1v) is 6.75. The van der Waals surface area contributed by atoms with Gasteiger partial charge < -0.3 is 9.52 Å². The largest absolute Gasteiger partial charge is 0.507 e. The Morgan fingerprint density at radius 3 is 2.59 bits per heavy atom. The van der Waals surface area contributed by atoms with Crippen LogP contribution in [0.25, 0.3) is 10.8 Å². The standard InChI is InChI=1S/C17H14N2O3/c1-11-6-7-14(22-11)10-18-19-17(21)15-8-12-4-2-3-5-13(12)9-16(15)20/h2-10,20H,1H3,(H,19,21)/b18-10-. The second kappa shape index (κ2) is 5.73. The molecule has 0 radical (unpaired) electrons. The highest BCUT2D eigenvalue weighted by atomic mass is 16.3. The average molecular weight is 294 g/mol. The maximum atomic E-state index is 12.1. The van der Waals surface area contributed by atoms with Crippen molar-refractivity contribution >= 4 is 22.9 Å². The van der Waals surface area contributed by atoms with Crippen molar-refractivity contribution in [2.45, 2.75) is 6.92 Å². The molecule has 1 heterocycles. The first-order chi connectivity index (χ1) is 10.6. The maximum absolute atomic E-state index is 12.1. The van der Waals surface area contributed by atoms with E-state index in [1.807, 2.05) is 31.2 Å². The fourth-order valence-electron chi connectivity index (χ4n) is 2.15. The van der Waals surface area contributed by atoms with Crippen molar-refractivity contribution in [3.8, 4) is 5.75 Å². The van der Waals surface area contributed by atoms with Gasteiger partial charge in [0.15, 0.2) is 0 Å². The van der Waals surface area contributed by atoms with Gasteiger partial charge >= 0.3 is 0 Å². The summed E-state index contributed by atoms with van der Waals surface area (Å²) in [4.78, 5) is 12.1. The number of carbonyl (C=O) groups is 1. The smallest absolute Gasteiger partial charge is 0.275 e. The number of aryl methyl sites for hydroxylation is 1. The molecule has 5 heteroatoms. The number of rotatable bonds is 3. The third kappa shape index (κ3) is 2.83. The first-order valence-electron chi connectivity index (χ1n) is 6.75. The Hall–Kier alpha value is -3.08. The van der Waals surface area contributed by atoms with E-state index in [9.17, 15) is 9.90 Å². The summed E-state index contributed by atoms with van der Waals surface area (Å²) in [6, 6.07) is 14.2. The number of aromatic hydroxyl groups is 1. The minimum atomic E-state index is -0.484. The Morgan fingerprint density at radius 2 is 1.91 bits per heavy atom. The van der Waals surface area contributed by atoms with E-state index in [-0.39, 0.29) is 11.3 Å². The molecule has 0 aliphatic heterocycles. The molecule has 1 aromatic heterocycles. The van der Waals surface area contributed by atoms with Crippen molar-refractivity contribution < 1.29 is 14.3 Å². The zero-order chi connectivity index (χ0) is 15.5. The topological polar surface area (TPSA) is 74.8 Å². The van der Waals surface area contributed by atoms with Gasteiger partial charge in [0.05, 0.1) is 11.8 Å². The number of nitrogens with zero attached hydrogens (tertiary/aromatic N) is 1. The zero-order valence-electron chi connectivity index (χ0n) is 11.9. The fourth-order valence-corrected chi connectivity index (χ4v) is 2.15. The molecular formula is C17H14N2O3. The molecule has 0 bridgehead atoms. The SMILES string of the molecule is Cc1ccc(/C=N\NC(=O)c2cc3ccccc3cc2O)o1. The number of nitrogens with one attached hydrogen (secondary N) is 1. The van der Waals surface area contributed by atoms with Crippen LogP contribution in [0.5, 0.6) is 5.75 Å². The lowest BCUT2D eigenvalue weighted by Crippen LogP contribution is -2.17. The van der Waals surface area contributed by atoms with Crippen LogP contribution >= 0.6 is 0 Å². The van der Waals surface area contributed by atoms with Crippen LogP contribution in [0.15, 0.2) is 58.0 Å². The Balaban J connectivity index is 1.80. The summed E-state index contributed by atoms with van der Waals surface area (Å²) in [6.07, 6.45) is 1.41. The number of amides is 1. The normalized spacial score (nSPS) is 11.1. The van der Waals surface area contributed by atoms with Crippen molar-refractivity contribution in [3.05, 3.63) is 65.6 Å². The molecule has 2 N–H and O–H groups in total. The summed E-state index contributed by atoms with van der Waals surface area (Å²) in [5.74, 6) is 0.739. The molecule has 0 saturated carbocycles. The average Bonchev–Trinajstić information content (AvgIpc) is 2.92. The number of carbonyl (C=O) groups excluding carboxylic acids is 1. The van der Waals surface area contributed by atoms with Gasteiger partial charge in [0.2, 0.25) is 0 Å². The number of hydrogen-bond acceptors (Lipinski definition) is 4. The highest BCUT2D eigenvalue weighted by molar-refractivity contribution is 6.01. The quantitative estimate of drug-likeness (QED) is 0.575. The van der Waals surface area contributed by atoms with Gasteiger partial charge in [0.1, 0.15) is 17.3 Å². The molecule has 0 aliphatic rings. The van der Waals surface area contributed by atoms with Crippen LogP contribution in [0, 0.1) is 6.92 Å². The molecular weight excluding hydrogens is 280 g/mol.